The van der Waals surface area contributed by atoms with Crippen LogP contribution in [0.2, 0.25) is 0 Å². The van der Waals surface area contributed by atoms with Crippen molar-refractivity contribution < 1.29 is 22.7 Å². The van der Waals surface area contributed by atoms with Gasteiger partial charge in [0.25, 0.3) is 0 Å². The Labute approximate surface area is 202 Å². The molecule has 2 aromatic rings. The van der Waals surface area contributed by atoms with Gasteiger partial charge in [-0.25, -0.2) is 8.42 Å². The Morgan fingerprint density at radius 2 is 1.76 bits per heavy atom. The van der Waals surface area contributed by atoms with Crippen LogP contribution in [-0.2, 0) is 26.2 Å². The quantitative estimate of drug-likeness (QED) is 0.523. The smallest absolute Gasteiger partial charge is 0.244 e. The summed E-state index contributed by atoms with van der Waals surface area (Å²) in [7, 11) is -2.39. The van der Waals surface area contributed by atoms with Crippen molar-refractivity contribution in [1.82, 2.24) is 10.2 Å². The molecule has 9 heteroatoms. The lowest BCUT2D eigenvalue weighted by Crippen LogP contribution is -2.52. The zero-order chi connectivity index (χ0) is 25.5. The molecule has 0 heterocycles. The summed E-state index contributed by atoms with van der Waals surface area (Å²) in [6.45, 7) is 7.15. The monoisotopic (exact) mass is 489 g/mol. The van der Waals surface area contributed by atoms with Crippen LogP contribution in [0.3, 0.4) is 0 Å². The van der Waals surface area contributed by atoms with E-state index in [4.69, 9.17) is 4.74 Å². The van der Waals surface area contributed by atoms with E-state index in [0.29, 0.717) is 5.75 Å². The number of aryl methyl sites for hydroxylation is 1. The molecule has 8 nitrogen and oxygen atoms in total. The molecule has 186 valence electrons. The van der Waals surface area contributed by atoms with Crippen molar-refractivity contribution in [2.24, 2.45) is 0 Å². The highest BCUT2D eigenvalue weighted by Crippen LogP contribution is 2.29. The first-order valence-corrected chi connectivity index (χ1v) is 13.1. The van der Waals surface area contributed by atoms with Crippen LogP contribution in [0.25, 0.3) is 0 Å². The minimum absolute atomic E-state index is 0.0491. The summed E-state index contributed by atoms with van der Waals surface area (Å²) in [4.78, 5) is 27.9. The van der Waals surface area contributed by atoms with E-state index in [1.54, 1.807) is 31.2 Å². The van der Waals surface area contributed by atoms with Gasteiger partial charge in [0.15, 0.2) is 0 Å². The summed E-state index contributed by atoms with van der Waals surface area (Å²) in [5.74, 6) is -0.461. The SMILES string of the molecule is CC[C@H](C)NC(=O)[C@H](C)N(Cc1cccc(C)c1)C(=O)CN(c1ccccc1OC)S(C)(=O)=O. The van der Waals surface area contributed by atoms with E-state index < -0.39 is 28.5 Å². The third-order valence-electron chi connectivity index (χ3n) is 5.64. The predicted octanol–water partition coefficient (Wildman–Crippen LogP) is 3.10. The Balaban J connectivity index is 2.42. The van der Waals surface area contributed by atoms with Gasteiger partial charge in [0, 0.05) is 12.6 Å². The van der Waals surface area contributed by atoms with Gasteiger partial charge in [-0.15, -0.1) is 0 Å². The largest absolute Gasteiger partial charge is 0.495 e. The van der Waals surface area contributed by atoms with Crippen molar-refractivity contribution in [1.29, 1.82) is 0 Å². The van der Waals surface area contributed by atoms with Crippen molar-refractivity contribution in [3.8, 4) is 5.75 Å². The Hall–Kier alpha value is -3.07. The van der Waals surface area contributed by atoms with Crippen LogP contribution in [0, 0.1) is 6.92 Å². The number of hydrogen-bond acceptors (Lipinski definition) is 5. The number of benzene rings is 2. The fourth-order valence-corrected chi connectivity index (χ4v) is 4.34. The highest BCUT2D eigenvalue weighted by molar-refractivity contribution is 7.92. The van der Waals surface area contributed by atoms with Crippen molar-refractivity contribution in [2.45, 2.75) is 52.7 Å². The van der Waals surface area contributed by atoms with Crippen LogP contribution in [0.1, 0.15) is 38.3 Å². The van der Waals surface area contributed by atoms with Gasteiger partial charge in [0.2, 0.25) is 21.8 Å². The molecule has 0 saturated carbocycles. The predicted molar refractivity (Wildman–Crippen MR) is 134 cm³/mol. The molecular weight excluding hydrogens is 454 g/mol. The van der Waals surface area contributed by atoms with E-state index in [2.05, 4.69) is 5.32 Å². The van der Waals surface area contributed by atoms with E-state index in [1.807, 2.05) is 45.0 Å². The van der Waals surface area contributed by atoms with E-state index in [0.717, 1.165) is 28.1 Å². The van der Waals surface area contributed by atoms with Crippen LogP contribution >= 0.6 is 0 Å². The Morgan fingerprint density at radius 1 is 1.09 bits per heavy atom. The number of nitrogens with zero attached hydrogens (tertiary/aromatic N) is 2. The van der Waals surface area contributed by atoms with Crippen molar-refractivity contribution >= 4 is 27.5 Å². The minimum atomic E-state index is -3.82. The number of amides is 2. The summed E-state index contributed by atoms with van der Waals surface area (Å²) < 4.78 is 31.7. The summed E-state index contributed by atoms with van der Waals surface area (Å²) in [5.41, 5.74) is 2.13. The van der Waals surface area contributed by atoms with Crippen molar-refractivity contribution in [3.05, 3.63) is 59.7 Å². The third-order valence-corrected chi connectivity index (χ3v) is 6.76. The first-order chi connectivity index (χ1) is 16.0. The zero-order valence-corrected chi connectivity index (χ0v) is 21.6. The average Bonchev–Trinajstić information content (AvgIpc) is 2.79. The van der Waals surface area contributed by atoms with Crippen LogP contribution < -0.4 is 14.4 Å². The number of sulfonamides is 1. The van der Waals surface area contributed by atoms with Gasteiger partial charge < -0.3 is 15.0 Å². The first-order valence-electron chi connectivity index (χ1n) is 11.2. The topological polar surface area (TPSA) is 96.0 Å². The number of hydrogen-bond donors (Lipinski definition) is 1. The molecule has 0 fully saturated rings. The number of methoxy groups -OCH3 is 1. The molecule has 34 heavy (non-hydrogen) atoms. The first kappa shape index (κ1) is 27.2. The van der Waals surface area contributed by atoms with Gasteiger partial charge in [-0.3, -0.25) is 13.9 Å². The fraction of sp³-hybridized carbons (Fsp3) is 0.440. The maximum absolute atomic E-state index is 13.6. The molecule has 2 rings (SSSR count). The molecule has 2 amide bonds. The summed E-state index contributed by atoms with van der Waals surface area (Å²) in [6.07, 6.45) is 1.79. The number of carbonyl (C=O) groups is 2. The summed E-state index contributed by atoms with van der Waals surface area (Å²) in [6, 6.07) is 13.4. The Bertz CT molecular complexity index is 1100. The fourth-order valence-electron chi connectivity index (χ4n) is 3.49. The average molecular weight is 490 g/mol. The second-order valence-corrected chi connectivity index (χ2v) is 10.4. The molecule has 2 aromatic carbocycles. The molecule has 0 radical (unpaired) electrons. The minimum Gasteiger partial charge on any atom is -0.495 e. The molecule has 0 aliphatic carbocycles. The Kier molecular flexibility index (Phi) is 9.49. The normalized spacial score (nSPS) is 13.0. The molecule has 0 bridgehead atoms. The molecule has 2 atom stereocenters. The van der Waals surface area contributed by atoms with E-state index in [-0.39, 0.29) is 24.2 Å². The zero-order valence-electron chi connectivity index (χ0n) is 20.7. The number of anilines is 1. The van der Waals surface area contributed by atoms with Gasteiger partial charge in [-0.05, 0) is 44.9 Å². The number of ether oxygens (including phenoxy) is 1. The Morgan fingerprint density at radius 3 is 2.35 bits per heavy atom. The molecular formula is C25H35N3O5S. The number of carbonyl (C=O) groups excluding carboxylic acids is 2. The van der Waals surface area contributed by atoms with Gasteiger partial charge in [-0.2, -0.15) is 0 Å². The second-order valence-electron chi connectivity index (χ2n) is 8.45. The lowest BCUT2D eigenvalue weighted by Gasteiger charge is -2.32. The van der Waals surface area contributed by atoms with Crippen LogP contribution in [0.4, 0.5) is 5.69 Å². The number of nitrogens with one attached hydrogen (secondary N) is 1. The molecule has 0 aliphatic heterocycles. The summed E-state index contributed by atoms with van der Waals surface area (Å²) >= 11 is 0. The van der Waals surface area contributed by atoms with Gasteiger partial charge in [-0.1, -0.05) is 48.9 Å². The highest BCUT2D eigenvalue weighted by Gasteiger charge is 2.31. The third kappa shape index (κ3) is 7.21. The van der Waals surface area contributed by atoms with Crippen LogP contribution in [0.5, 0.6) is 5.75 Å². The van der Waals surface area contributed by atoms with E-state index in [1.165, 1.54) is 12.0 Å². The lowest BCUT2D eigenvalue weighted by molar-refractivity contribution is -0.139. The molecule has 0 spiro atoms. The van der Waals surface area contributed by atoms with Gasteiger partial charge in [0.1, 0.15) is 18.3 Å². The molecule has 1 N–H and O–H groups in total. The van der Waals surface area contributed by atoms with Gasteiger partial charge >= 0.3 is 0 Å². The van der Waals surface area contributed by atoms with Gasteiger partial charge in [0.05, 0.1) is 19.1 Å². The molecule has 0 saturated heterocycles. The maximum Gasteiger partial charge on any atom is 0.244 e. The highest BCUT2D eigenvalue weighted by atomic mass is 32.2. The van der Waals surface area contributed by atoms with E-state index >= 15 is 0 Å². The molecule has 0 aromatic heterocycles. The van der Waals surface area contributed by atoms with E-state index in [9.17, 15) is 18.0 Å². The number of para-hydroxylation sites is 2. The molecule has 0 unspecified atom stereocenters. The maximum atomic E-state index is 13.6. The van der Waals surface area contributed by atoms with Crippen molar-refractivity contribution in [3.63, 3.8) is 0 Å². The second kappa shape index (κ2) is 11.9. The van der Waals surface area contributed by atoms with Crippen LogP contribution in [0.15, 0.2) is 48.5 Å². The lowest BCUT2D eigenvalue weighted by atomic mass is 10.1. The summed E-state index contributed by atoms with van der Waals surface area (Å²) in [5, 5.41) is 2.91. The van der Waals surface area contributed by atoms with Crippen LogP contribution in [-0.4, -0.2) is 57.1 Å². The standard InChI is InChI=1S/C25H35N3O5S/c1-7-19(3)26-25(30)20(4)27(16-21-12-10-11-18(2)15-21)24(29)17-28(34(6,31)32)22-13-8-9-14-23(22)33-5/h8-15,19-20H,7,16-17H2,1-6H3,(H,26,30)/t19-,20-/m0/s1. The molecule has 0 aliphatic rings. The van der Waals surface area contributed by atoms with Crippen molar-refractivity contribution in [2.75, 3.05) is 24.2 Å². The number of rotatable bonds is 11.